The van der Waals surface area contributed by atoms with Crippen molar-refractivity contribution in [2.24, 2.45) is 0 Å². The quantitative estimate of drug-likeness (QED) is 0.782. The number of anilines is 1. The molecular weight excluding hydrogens is 406 g/mol. The molecular formula is C18H20ClN3O5S. The lowest BCUT2D eigenvalue weighted by atomic mass is 10.3. The number of rotatable bonds is 5. The molecule has 0 spiro atoms. The Balaban J connectivity index is 1.80. The molecule has 0 bridgehead atoms. The molecule has 1 aliphatic heterocycles. The van der Waals surface area contributed by atoms with Crippen LogP contribution >= 0.6 is 11.6 Å². The highest BCUT2D eigenvalue weighted by atomic mass is 35.5. The molecule has 0 saturated carbocycles. The van der Waals surface area contributed by atoms with Crippen LogP contribution in [0.15, 0.2) is 46.2 Å². The third-order valence-corrected chi connectivity index (χ3v) is 6.57. The molecule has 0 unspecified atom stereocenters. The minimum atomic E-state index is -3.72. The Hall–Kier alpha value is -2.20. The summed E-state index contributed by atoms with van der Waals surface area (Å²) in [4.78, 5) is 24.4. The van der Waals surface area contributed by atoms with Gasteiger partial charge in [-0.15, -0.1) is 0 Å². The van der Waals surface area contributed by atoms with E-state index >= 15 is 0 Å². The largest absolute Gasteiger partial charge is 0.379 e. The fourth-order valence-corrected chi connectivity index (χ4v) is 4.42. The second-order valence-corrected chi connectivity index (χ2v) is 8.68. The third kappa shape index (κ3) is 4.44. The summed E-state index contributed by atoms with van der Waals surface area (Å²) in [5, 5.41) is 2.78. The Bertz CT molecular complexity index is 1050. The number of hydrogen-bond acceptors (Lipinski definition) is 5. The highest BCUT2D eigenvalue weighted by Crippen LogP contribution is 2.27. The molecule has 2 heterocycles. The van der Waals surface area contributed by atoms with Crippen molar-refractivity contribution >= 4 is 33.2 Å². The lowest BCUT2D eigenvalue weighted by molar-refractivity contribution is -0.116. The number of hydrogen-bond donors (Lipinski definition) is 1. The van der Waals surface area contributed by atoms with E-state index in [1.807, 2.05) is 0 Å². The van der Waals surface area contributed by atoms with Crippen LogP contribution in [0.2, 0.25) is 5.02 Å². The van der Waals surface area contributed by atoms with E-state index in [4.69, 9.17) is 16.3 Å². The summed E-state index contributed by atoms with van der Waals surface area (Å²) in [6.45, 7) is 2.65. The molecule has 28 heavy (non-hydrogen) atoms. The van der Waals surface area contributed by atoms with E-state index in [0.717, 1.165) is 0 Å². The first-order chi connectivity index (χ1) is 13.3. The van der Waals surface area contributed by atoms with Gasteiger partial charge < -0.3 is 14.6 Å². The highest BCUT2D eigenvalue weighted by molar-refractivity contribution is 7.89. The number of amides is 1. The van der Waals surface area contributed by atoms with Gasteiger partial charge in [-0.2, -0.15) is 4.31 Å². The van der Waals surface area contributed by atoms with Crippen LogP contribution in [0.5, 0.6) is 0 Å². The Morgan fingerprint density at radius 2 is 1.96 bits per heavy atom. The van der Waals surface area contributed by atoms with Gasteiger partial charge in [0, 0.05) is 24.8 Å². The van der Waals surface area contributed by atoms with Crippen molar-refractivity contribution in [2.45, 2.75) is 18.4 Å². The zero-order valence-corrected chi connectivity index (χ0v) is 16.8. The van der Waals surface area contributed by atoms with Gasteiger partial charge in [-0.25, -0.2) is 8.42 Å². The molecule has 1 aromatic carbocycles. The van der Waals surface area contributed by atoms with E-state index in [-0.39, 0.29) is 40.8 Å². The lowest BCUT2D eigenvalue weighted by Gasteiger charge is -2.26. The number of benzene rings is 1. The van der Waals surface area contributed by atoms with Gasteiger partial charge in [0.25, 0.3) is 5.56 Å². The number of halogens is 1. The van der Waals surface area contributed by atoms with E-state index in [0.29, 0.717) is 18.8 Å². The fraction of sp³-hybridized carbons (Fsp3) is 0.333. The molecule has 1 saturated heterocycles. The molecule has 8 nitrogen and oxygen atoms in total. The number of pyridine rings is 1. The molecule has 150 valence electrons. The predicted molar refractivity (Wildman–Crippen MR) is 105 cm³/mol. The van der Waals surface area contributed by atoms with Gasteiger partial charge in [0.15, 0.2) is 0 Å². The minimum Gasteiger partial charge on any atom is -0.379 e. The van der Waals surface area contributed by atoms with E-state index in [1.165, 1.54) is 33.3 Å². The summed E-state index contributed by atoms with van der Waals surface area (Å²) >= 11 is 6.12. The first-order valence-corrected chi connectivity index (χ1v) is 10.4. The van der Waals surface area contributed by atoms with Crippen LogP contribution in [0.4, 0.5) is 5.69 Å². The van der Waals surface area contributed by atoms with E-state index in [9.17, 15) is 18.0 Å². The van der Waals surface area contributed by atoms with Gasteiger partial charge in [-0.05, 0) is 31.2 Å². The van der Waals surface area contributed by atoms with Gasteiger partial charge in [-0.3, -0.25) is 9.59 Å². The number of carbonyl (C=O) groups excluding carboxylic acids is 1. The summed E-state index contributed by atoms with van der Waals surface area (Å²) < 4.78 is 33.3. The van der Waals surface area contributed by atoms with Crippen LogP contribution in [0.1, 0.15) is 5.56 Å². The van der Waals surface area contributed by atoms with Gasteiger partial charge in [-0.1, -0.05) is 17.7 Å². The molecule has 2 aromatic rings. The van der Waals surface area contributed by atoms with Crippen LogP contribution in [0.25, 0.3) is 0 Å². The van der Waals surface area contributed by atoms with Crippen molar-refractivity contribution in [3.63, 3.8) is 0 Å². The maximum atomic E-state index is 12.8. The Labute approximate surface area is 167 Å². The molecule has 10 heteroatoms. The maximum Gasteiger partial charge on any atom is 0.253 e. The molecule has 0 atom stereocenters. The standard InChI is InChI=1S/C18H20ClN3O5S/c1-13-3-2-6-21(18(13)24)12-17(23)20-16-11-14(4-5-15(16)19)28(25,26)22-7-9-27-10-8-22/h2-6,11H,7-10,12H2,1H3,(H,20,23). The monoisotopic (exact) mass is 425 g/mol. The fourth-order valence-electron chi connectivity index (χ4n) is 2.82. The Morgan fingerprint density at radius 3 is 2.68 bits per heavy atom. The van der Waals surface area contributed by atoms with Gasteiger partial charge in [0.2, 0.25) is 15.9 Å². The molecule has 1 fully saturated rings. The van der Waals surface area contributed by atoms with Crippen LogP contribution < -0.4 is 10.9 Å². The first-order valence-electron chi connectivity index (χ1n) is 8.62. The predicted octanol–water partition coefficient (Wildman–Crippen LogP) is 1.47. The maximum absolute atomic E-state index is 12.8. The molecule has 3 rings (SSSR count). The second kappa shape index (κ2) is 8.44. The molecule has 0 radical (unpaired) electrons. The van der Waals surface area contributed by atoms with Crippen LogP contribution in [-0.2, 0) is 26.1 Å². The Kier molecular flexibility index (Phi) is 6.19. The smallest absolute Gasteiger partial charge is 0.253 e. The summed E-state index contributed by atoms with van der Waals surface area (Å²) in [7, 11) is -3.72. The number of sulfonamides is 1. The van der Waals surface area contributed by atoms with Gasteiger partial charge >= 0.3 is 0 Å². The van der Waals surface area contributed by atoms with Crippen molar-refractivity contribution in [1.29, 1.82) is 0 Å². The summed E-state index contributed by atoms with van der Waals surface area (Å²) in [5.74, 6) is -0.490. The normalized spacial score (nSPS) is 15.4. The first kappa shape index (κ1) is 20.5. The molecule has 1 aliphatic rings. The average molecular weight is 426 g/mol. The van der Waals surface area contributed by atoms with Crippen molar-refractivity contribution in [2.75, 3.05) is 31.6 Å². The number of carbonyl (C=O) groups is 1. The molecule has 1 N–H and O–H groups in total. The highest BCUT2D eigenvalue weighted by Gasteiger charge is 2.27. The van der Waals surface area contributed by atoms with Crippen molar-refractivity contribution in [1.82, 2.24) is 8.87 Å². The topological polar surface area (TPSA) is 97.7 Å². The van der Waals surface area contributed by atoms with Crippen LogP contribution in [0, 0.1) is 6.92 Å². The number of nitrogens with zero attached hydrogens (tertiary/aromatic N) is 2. The third-order valence-electron chi connectivity index (χ3n) is 4.34. The molecule has 1 aromatic heterocycles. The Morgan fingerprint density at radius 1 is 1.25 bits per heavy atom. The van der Waals surface area contributed by atoms with Gasteiger partial charge in [0.1, 0.15) is 6.54 Å². The summed E-state index contributed by atoms with van der Waals surface area (Å²) in [6, 6.07) is 7.47. The second-order valence-electron chi connectivity index (χ2n) is 6.33. The summed E-state index contributed by atoms with van der Waals surface area (Å²) in [5.41, 5.74) is 0.418. The van der Waals surface area contributed by atoms with Crippen molar-refractivity contribution in [3.8, 4) is 0 Å². The number of ether oxygens (including phenoxy) is 1. The molecule has 1 amide bonds. The van der Waals surface area contributed by atoms with Crippen LogP contribution in [-0.4, -0.2) is 49.5 Å². The van der Waals surface area contributed by atoms with E-state index in [1.54, 1.807) is 19.1 Å². The number of aryl methyl sites for hydroxylation is 1. The zero-order chi connectivity index (χ0) is 20.3. The number of aromatic nitrogens is 1. The minimum absolute atomic E-state index is 0.0295. The lowest BCUT2D eigenvalue weighted by Crippen LogP contribution is -2.40. The van der Waals surface area contributed by atoms with E-state index < -0.39 is 15.9 Å². The summed E-state index contributed by atoms with van der Waals surface area (Å²) in [6.07, 6.45) is 1.51. The number of morpholine rings is 1. The van der Waals surface area contributed by atoms with Crippen LogP contribution in [0.3, 0.4) is 0 Å². The van der Waals surface area contributed by atoms with Crippen molar-refractivity contribution < 1.29 is 17.9 Å². The zero-order valence-electron chi connectivity index (χ0n) is 15.2. The van der Waals surface area contributed by atoms with E-state index in [2.05, 4.69) is 5.32 Å². The number of nitrogens with one attached hydrogen (secondary N) is 1. The molecule has 0 aliphatic carbocycles. The van der Waals surface area contributed by atoms with Crippen molar-refractivity contribution in [3.05, 3.63) is 57.5 Å². The van der Waals surface area contributed by atoms with Gasteiger partial charge in [0.05, 0.1) is 28.8 Å². The SMILES string of the molecule is Cc1cccn(CC(=O)Nc2cc(S(=O)(=O)N3CCOCC3)ccc2Cl)c1=O. The average Bonchev–Trinajstić information content (AvgIpc) is 2.68.